The predicted molar refractivity (Wildman–Crippen MR) is 64.4 cm³/mol. The van der Waals surface area contributed by atoms with Crippen molar-refractivity contribution in [3.63, 3.8) is 0 Å². The Hall–Kier alpha value is -0.120. The van der Waals surface area contributed by atoms with Crippen LogP contribution in [-0.4, -0.2) is 44.0 Å². The Morgan fingerprint density at radius 3 is 1.94 bits per heavy atom. The zero-order valence-corrected chi connectivity index (χ0v) is 11.1. The molecule has 0 atom stereocenters. The minimum atomic E-state index is -0.248. The van der Waals surface area contributed by atoms with Gasteiger partial charge in [-0.15, -0.1) is 0 Å². The Kier molecular flexibility index (Phi) is 3.30. The Morgan fingerprint density at radius 1 is 1.00 bits per heavy atom. The summed E-state index contributed by atoms with van der Waals surface area (Å²) in [4.78, 5) is 2.32. The largest absolute Gasteiger partial charge is 0.349 e. The van der Waals surface area contributed by atoms with Crippen molar-refractivity contribution in [3.8, 4) is 0 Å². The monoisotopic (exact) mass is 227 g/mol. The Bertz CT molecular complexity index is 230. The average Bonchev–Trinajstić information content (AvgIpc) is 2.24. The van der Waals surface area contributed by atoms with Crippen LogP contribution in [0, 0.1) is 5.41 Å². The van der Waals surface area contributed by atoms with E-state index in [1.54, 1.807) is 0 Å². The van der Waals surface area contributed by atoms with Crippen LogP contribution in [0.15, 0.2) is 0 Å². The number of hydrogen-bond donors (Lipinski definition) is 0. The molecule has 1 saturated heterocycles. The molecule has 0 unspecified atom stereocenters. The zero-order chi connectivity index (χ0) is 11.8. The number of rotatable bonds is 1. The van der Waals surface area contributed by atoms with Crippen molar-refractivity contribution in [2.75, 3.05) is 27.3 Å². The van der Waals surface area contributed by atoms with Gasteiger partial charge in [-0.2, -0.15) is 0 Å². The van der Waals surface area contributed by atoms with Gasteiger partial charge in [0.1, 0.15) is 0 Å². The van der Waals surface area contributed by atoms with E-state index >= 15 is 0 Å². The van der Waals surface area contributed by atoms with Gasteiger partial charge in [-0.1, -0.05) is 13.8 Å². The van der Waals surface area contributed by atoms with Crippen LogP contribution < -0.4 is 0 Å². The van der Waals surface area contributed by atoms with E-state index < -0.39 is 0 Å². The molecular formula is C13H25NO2. The van der Waals surface area contributed by atoms with Crippen LogP contribution >= 0.6 is 0 Å². The highest BCUT2D eigenvalue weighted by Crippen LogP contribution is 2.39. The summed E-state index contributed by atoms with van der Waals surface area (Å²) in [5.41, 5.74) is 0.184. The Morgan fingerprint density at radius 2 is 1.50 bits per heavy atom. The highest BCUT2D eigenvalue weighted by molar-refractivity contribution is 4.87. The molecule has 1 aliphatic heterocycles. The lowest BCUT2D eigenvalue weighted by atomic mass is 9.87. The van der Waals surface area contributed by atoms with E-state index in [0.717, 1.165) is 26.1 Å². The molecule has 0 bridgehead atoms. The fourth-order valence-corrected chi connectivity index (χ4v) is 2.58. The van der Waals surface area contributed by atoms with E-state index in [1.165, 1.54) is 12.8 Å². The zero-order valence-electron chi connectivity index (χ0n) is 11.1. The molecule has 2 rings (SSSR count). The van der Waals surface area contributed by atoms with Crippen LogP contribution in [0.25, 0.3) is 0 Å². The summed E-state index contributed by atoms with van der Waals surface area (Å²) >= 11 is 0. The van der Waals surface area contributed by atoms with E-state index in [1.807, 2.05) is 0 Å². The van der Waals surface area contributed by atoms with Crippen molar-refractivity contribution < 1.29 is 9.47 Å². The van der Waals surface area contributed by atoms with Crippen LogP contribution in [0.1, 0.15) is 39.5 Å². The quantitative estimate of drug-likeness (QED) is 0.686. The maximum absolute atomic E-state index is 6.01. The fourth-order valence-electron chi connectivity index (χ4n) is 2.58. The lowest BCUT2D eigenvalue weighted by molar-refractivity contribution is -0.312. The van der Waals surface area contributed by atoms with Crippen molar-refractivity contribution in [3.05, 3.63) is 0 Å². The van der Waals surface area contributed by atoms with Gasteiger partial charge in [-0.25, -0.2) is 0 Å². The van der Waals surface area contributed by atoms with Crippen molar-refractivity contribution >= 4 is 0 Å². The molecule has 0 aromatic rings. The van der Waals surface area contributed by atoms with E-state index in [4.69, 9.17) is 9.47 Å². The van der Waals surface area contributed by atoms with Gasteiger partial charge in [0, 0.05) is 24.3 Å². The Balaban J connectivity index is 1.89. The molecule has 1 saturated carbocycles. The van der Waals surface area contributed by atoms with Crippen molar-refractivity contribution in [1.29, 1.82) is 0 Å². The maximum Gasteiger partial charge on any atom is 0.168 e. The normalized spacial score (nSPS) is 29.8. The molecule has 3 nitrogen and oxygen atoms in total. The molecule has 16 heavy (non-hydrogen) atoms. The fraction of sp³-hybridized carbons (Fsp3) is 1.00. The summed E-state index contributed by atoms with van der Waals surface area (Å²) in [6, 6.07) is 0.702. The lowest BCUT2D eigenvalue weighted by Crippen LogP contribution is -2.51. The topological polar surface area (TPSA) is 21.7 Å². The summed E-state index contributed by atoms with van der Waals surface area (Å²) in [6.45, 7) is 6.07. The molecule has 1 aliphatic carbocycles. The second-order valence-electron chi connectivity index (χ2n) is 6.35. The molecule has 3 heteroatoms. The highest BCUT2D eigenvalue weighted by Gasteiger charge is 2.43. The molecule has 0 radical (unpaired) electrons. The summed E-state index contributed by atoms with van der Waals surface area (Å²) in [7, 11) is 4.32. The van der Waals surface area contributed by atoms with E-state index in [0.29, 0.717) is 6.04 Å². The van der Waals surface area contributed by atoms with Crippen molar-refractivity contribution in [2.24, 2.45) is 5.41 Å². The molecule has 0 amide bonds. The van der Waals surface area contributed by atoms with Crippen LogP contribution in [0.2, 0.25) is 0 Å². The van der Waals surface area contributed by atoms with E-state index in [-0.39, 0.29) is 11.2 Å². The van der Waals surface area contributed by atoms with Gasteiger partial charge in [0.2, 0.25) is 0 Å². The number of nitrogens with zero attached hydrogens (tertiary/aromatic N) is 1. The second kappa shape index (κ2) is 4.28. The molecule has 0 N–H and O–H groups in total. The van der Waals surface area contributed by atoms with Gasteiger partial charge in [0.15, 0.2) is 5.79 Å². The van der Waals surface area contributed by atoms with Gasteiger partial charge in [0.05, 0.1) is 13.2 Å². The second-order valence-corrected chi connectivity index (χ2v) is 6.35. The summed E-state index contributed by atoms with van der Waals surface area (Å²) in [6.07, 6.45) is 4.47. The first kappa shape index (κ1) is 12.3. The van der Waals surface area contributed by atoms with E-state index in [9.17, 15) is 0 Å². The van der Waals surface area contributed by atoms with Gasteiger partial charge >= 0.3 is 0 Å². The molecular weight excluding hydrogens is 202 g/mol. The average molecular weight is 227 g/mol. The van der Waals surface area contributed by atoms with Crippen LogP contribution in [0.3, 0.4) is 0 Å². The van der Waals surface area contributed by atoms with E-state index in [2.05, 4.69) is 32.8 Å². The predicted octanol–water partition coefficient (Wildman–Crippen LogP) is 2.26. The van der Waals surface area contributed by atoms with Gasteiger partial charge in [-0.3, -0.25) is 0 Å². The van der Waals surface area contributed by atoms with Crippen molar-refractivity contribution in [2.45, 2.75) is 51.4 Å². The van der Waals surface area contributed by atoms with Crippen LogP contribution in [0.4, 0.5) is 0 Å². The third-order valence-electron chi connectivity index (χ3n) is 3.90. The lowest BCUT2D eigenvalue weighted by Gasteiger charge is -2.47. The highest BCUT2D eigenvalue weighted by atomic mass is 16.7. The molecule has 0 aromatic heterocycles. The number of hydrogen-bond acceptors (Lipinski definition) is 3. The molecule has 2 aliphatic rings. The maximum atomic E-state index is 6.01. The molecule has 2 fully saturated rings. The molecule has 0 aromatic carbocycles. The molecule has 94 valence electrons. The van der Waals surface area contributed by atoms with Crippen LogP contribution in [0.5, 0.6) is 0 Å². The smallest absolute Gasteiger partial charge is 0.168 e. The third kappa shape index (κ3) is 2.58. The summed E-state index contributed by atoms with van der Waals surface area (Å²) in [5.74, 6) is -0.248. The first-order valence-electron chi connectivity index (χ1n) is 6.37. The Labute approximate surface area is 99.1 Å². The van der Waals surface area contributed by atoms with Gasteiger partial charge in [-0.05, 0) is 26.9 Å². The summed E-state index contributed by atoms with van der Waals surface area (Å²) in [5, 5.41) is 0. The molecule has 1 spiro atoms. The van der Waals surface area contributed by atoms with Crippen LogP contribution in [-0.2, 0) is 9.47 Å². The number of ether oxygens (including phenoxy) is 2. The summed E-state index contributed by atoms with van der Waals surface area (Å²) < 4.78 is 12.0. The van der Waals surface area contributed by atoms with Gasteiger partial charge < -0.3 is 14.4 Å². The SMILES string of the molecule is CN(C)C1CCC2(CC1)OCC(C)(C)CO2. The molecule has 1 heterocycles. The van der Waals surface area contributed by atoms with Crippen molar-refractivity contribution in [1.82, 2.24) is 4.90 Å². The minimum Gasteiger partial charge on any atom is -0.349 e. The first-order chi connectivity index (χ1) is 7.43. The first-order valence-corrected chi connectivity index (χ1v) is 6.37. The third-order valence-corrected chi connectivity index (χ3v) is 3.90. The standard InChI is InChI=1S/C13H25NO2/c1-12(2)9-15-13(16-10-12)7-5-11(6-8-13)14(3)4/h11H,5-10H2,1-4H3. The minimum absolute atomic E-state index is 0.184. The van der Waals surface area contributed by atoms with Gasteiger partial charge in [0.25, 0.3) is 0 Å².